The molecule has 84 valence electrons. The molecule has 0 amide bonds. The second-order valence-electron chi connectivity index (χ2n) is 5.25. The van der Waals surface area contributed by atoms with E-state index in [1.54, 1.807) is 0 Å². The van der Waals surface area contributed by atoms with Crippen LogP contribution in [0.3, 0.4) is 0 Å². The molecule has 0 spiro atoms. The lowest BCUT2D eigenvalue weighted by Crippen LogP contribution is -2.16. The van der Waals surface area contributed by atoms with Crippen molar-refractivity contribution in [1.82, 2.24) is 0 Å². The molecule has 2 heteroatoms. The van der Waals surface area contributed by atoms with E-state index in [0.717, 1.165) is 30.8 Å². The Morgan fingerprint density at radius 2 is 2.06 bits per heavy atom. The Bertz CT molecular complexity index is 446. The standard InChI is InChI=1S/C14H18OSi/c1-16(2,3)11-9-13-7-4-6-12-8-5-10-15-14(12)13/h4,6-7H,5,8,10H2,1-3H3. The summed E-state index contributed by atoms with van der Waals surface area (Å²) in [5.41, 5.74) is 5.78. The van der Waals surface area contributed by atoms with Crippen LogP contribution in [0.15, 0.2) is 18.2 Å². The van der Waals surface area contributed by atoms with E-state index in [9.17, 15) is 0 Å². The van der Waals surface area contributed by atoms with E-state index in [1.807, 2.05) is 0 Å². The summed E-state index contributed by atoms with van der Waals surface area (Å²) >= 11 is 0. The fourth-order valence-electron chi connectivity index (χ4n) is 1.74. The first-order valence-electron chi connectivity index (χ1n) is 5.84. The van der Waals surface area contributed by atoms with E-state index in [-0.39, 0.29) is 0 Å². The number of rotatable bonds is 0. The van der Waals surface area contributed by atoms with E-state index in [4.69, 9.17) is 4.74 Å². The third-order valence-corrected chi connectivity index (χ3v) is 3.38. The molecule has 0 saturated heterocycles. The van der Waals surface area contributed by atoms with Gasteiger partial charge in [0.1, 0.15) is 13.8 Å². The molecule has 0 aliphatic carbocycles. The topological polar surface area (TPSA) is 9.23 Å². The summed E-state index contributed by atoms with van der Waals surface area (Å²) in [6, 6.07) is 6.30. The number of aryl methyl sites for hydroxylation is 1. The first-order valence-corrected chi connectivity index (χ1v) is 9.34. The number of para-hydroxylation sites is 1. The lowest BCUT2D eigenvalue weighted by molar-refractivity contribution is 0.287. The predicted octanol–water partition coefficient (Wildman–Crippen LogP) is 3.24. The molecule has 1 aliphatic rings. The fourth-order valence-corrected chi connectivity index (χ4v) is 2.25. The van der Waals surface area contributed by atoms with Crippen molar-refractivity contribution >= 4 is 8.07 Å². The van der Waals surface area contributed by atoms with Crippen LogP contribution in [-0.4, -0.2) is 14.7 Å². The van der Waals surface area contributed by atoms with Crippen molar-refractivity contribution in [2.75, 3.05) is 6.61 Å². The van der Waals surface area contributed by atoms with Gasteiger partial charge in [-0.2, -0.15) is 0 Å². The van der Waals surface area contributed by atoms with Crippen LogP contribution in [0.4, 0.5) is 0 Å². The van der Waals surface area contributed by atoms with Gasteiger partial charge in [0, 0.05) is 0 Å². The molecule has 0 radical (unpaired) electrons. The number of benzene rings is 1. The Morgan fingerprint density at radius 1 is 1.25 bits per heavy atom. The monoisotopic (exact) mass is 230 g/mol. The number of hydrogen-bond acceptors (Lipinski definition) is 1. The van der Waals surface area contributed by atoms with Gasteiger partial charge in [0.25, 0.3) is 0 Å². The Hall–Kier alpha value is -1.20. The van der Waals surface area contributed by atoms with Crippen LogP contribution in [0.2, 0.25) is 19.6 Å². The zero-order valence-corrected chi connectivity index (χ0v) is 11.3. The number of ether oxygens (including phenoxy) is 1. The maximum atomic E-state index is 5.73. The van der Waals surface area contributed by atoms with Gasteiger partial charge in [-0.05, 0) is 24.5 Å². The zero-order chi connectivity index (χ0) is 11.6. The first-order chi connectivity index (χ1) is 7.56. The molecule has 0 fully saturated rings. The van der Waals surface area contributed by atoms with Crippen LogP contribution in [0.1, 0.15) is 17.5 Å². The highest BCUT2D eigenvalue weighted by atomic mass is 28.3. The molecule has 0 aromatic heterocycles. The molecule has 2 rings (SSSR count). The Labute approximate surface area is 98.8 Å². The van der Waals surface area contributed by atoms with Gasteiger partial charge in [0.05, 0.1) is 12.2 Å². The average Bonchev–Trinajstić information content (AvgIpc) is 2.25. The highest BCUT2D eigenvalue weighted by molar-refractivity contribution is 6.83. The molecule has 0 unspecified atom stereocenters. The summed E-state index contributed by atoms with van der Waals surface area (Å²) in [5, 5.41) is 0. The van der Waals surface area contributed by atoms with Gasteiger partial charge >= 0.3 is 0 Å². The Balaban J connectivity index is 2.37. The molecule has 1 aromatic rings. The summed E-state index contributed by atoms with van der Waals surface area (Å²) in [6.45, 7) is 7.61. The lowest BCUT2D eigenvalue weighted by Gasteiger charge is -2.18. The van der Waals surface area contributed by atoms with Gasteiger partial charge in [-0.1, -0.05) is 37.7 Å². The van der Waals surface area contributed by atoms with Crippen LogP contribution < -0.4 is 4.74 Å². The maximum Gasteiger partial charge on any atom is 0.138 e. The number of hydrogen-bond donors (Lipinski definition) is 0. The SMILES string of the molecule is C[Si](C)(C)C#Cc1cccc2c1OCCC2. The van der Waals surface area contributed by atoms with Gasteiger partial charge in [-0.15, -0.1) is 5.54 Å². The second kappa shape index (κ2) is 4.35. The van der Waals surface area contributed by atoms with E-state index >= 15 is 0 Å². The highest BCUT2D eigenvalue weighted by Gasteiger charge is 2.13. The minimum absolute atomic E-state index is 0.832. The maximum absolute atomic E-state index is 5.73. The van der Waals surface area contributed by atoms with Crippen molar-refractivity contribution in [2.24, 2.45) is 0 Å². The van der Waals surface area contributed by atoms with E-state index < -0.39 is 8.07 Å². The molecule has 1 heterocycles. The normalized spacial score (nSPS) is 14.4. The van der Waals surface area contributed by atoms with Crippen molar-refractivity contribution in [3.63, 3.8) is 0 Å². The van der Waals surface area contributed by atoms with E-state index in [0.29, 0.717) is 0 Å². The van der Waals surface area contributed by atoms with Crippen molar-refractivity contribution in [2.45, 2.75) is 32.5 Å². The highest BCUT2D eigenvalue weighted by Crippen LogP contribution is 2.28. The van der Waals surface area contributed by atoms with Gasteiger partial charge in [-0.25, -0.2) is 0 Å². The molecule has 0 atom stereocenters. The molecular weight excluding hydrogens is 212 g/mol. The van der Waals surface area contributed by atoms with Crippen LogP contribution >= 0.6 is 0 Å². The molecular formula is C14H18OSi. The van der Waals surface area contributed by atoms with Crippen molar-refractivity contribution in [1.29, 1.82) is 0 Å². The van der Waals surface area contributed by atoms with E-state index in [2.05, 4.69) is 49.3 Å². The van der Waals surface area contributed by atoms with Gasteiger partial charge in [0.15, 0.2) is 0 Å². The molecule has 1 aliphatic heterocycles. The zero-order valence-electron chi connectivity index (χ0n) is 10.3. The van der Waals surface area contributed by atoms with Crippen LogP contribution in [0.25, 0.3) is 0 Å². The minimum Gasteiger partial charge on any atom is -0.492 e. The van der Waals surface area contributed by atoms with Crippen molar-refractivity contribution < 1.29 is 4.74 Å². The average molecular weight is 230 g/mol. The minimum atomic E-state index is -1.30. The van der Waals surface area contributed by atoms with Crippen LogP contribution in [0.5, 0.6) is 5.75 Å². The molecule has 0 bridgehead atoms. The molecule has 1 aromatic carbocycles. The van der Waals surface area contributed by atoms with Crippen molar-refractivity contribution in [3.05, 3.63) is 29.3 Å². The van der Waals surface area contributed by atoms with E-state index in [1.165, 1.54) is 5.56 Å². The van der Waals surface area contributed by atoms with Crippen molar-refractivity contribution in [3.8, 4) is 17.2 Å². The summed E-state index contributed by atoms with van der Waals surface area (Å²) in [6.07, 6.45) is 2.25. The Morgan fingerprint density at radius 3 is 2.81 bits per heavy atom. The quantitative estimate of drug-likeness (QED) is 0.491. The fraction of sp³-hybridized carbons (Fsp3) is 0.429. The number of fused-ring (bicyclic) bond motifs is 1. The Kier molecular flexibility index (Phi) is 3.07. The second-order valence-corrected chi connectivity index (χ2v) is 10.00. The third-order valence-electron chi connectivity index (χ3n) is 2.51. The molecule has 1 nitrogen and oxygen atoms in total. The van der Waals surface area contributed by atoms with Gasteiger partial charge in [-0.3, -0.25) is 0 Å². The lowest BCUT2D eigenvalue weighted by atomic mass is 10.0. The third kappa shape index (κ3) is 2.68. The molecule has 16 heavy (non-hydrogen) atoms. The van der Waals surface area contributed by atoms with Gasteiger partial charge in [0.2, 0.25) is 0 Å². The molecule has 0 saturated carbocycles. The summed E-state index contributed by atoms with van der Waals surface area (Å²) in [5.74, 6) is 4.33. The van der Waals surface area contributed by atoms with Crippen LogP contribution in [0, 0.1) is 11.5 Å². The first kappa shape index (κ1) is 11.3. The smallest absolute Gasteiger partial charge is 0.138 e. The summed E-state index contributed by atoms with van der Waals surface area (Å²) in [4.78, 5) is 0. The summed E-state index contributed by atoms with van der Waals surface area (Å²) in [7, 11) is -1.30. The van der Waals surface area contributed by atoms with Crippen LogP contribution in [-0.2, 0) is 6.42 Å². The summed E-state index contributed by atoms with van der Waals surface area (Å²) < 4.78 is 5.73. The molecule has 0 N–H and O–H groups in total. The largest absolute Gasteiger partial charge is 0.492 e. The predicted molar refractivity (Wildman–Crippen MR) is 70.5 cm³/mol. The van der Waals surface area contributed by atoms with Gasteiger partial charge < -0.3 is 4.74 Å².